The van der Waals surface area contributed by atoms with Crippen LogP contribution in [0, 0.1) is 5.82 Å². The van der Waals surface area contributed by atoms with Crippen molar-refractivity contribution in [2.24, 2.45) is 4.99 Å². The summed E-state index contributed by atoms with van der Waals surface area (Å²) in [5.74, 6) is 1.28. The molecule has 5 nitrogen and oxygen atoms in total. The minimum absolute atomic E-state index is 0. The topological polar surface area (TPSA) is 52.8 Å². The standard InChI is InChI=1S/C17H23FN4O.HI/c1-19-17(20-11-15-8-5-9-23-15)21-12-16(22(2)3)13-6-4-7-14(18)10-13;/h4-10,16H,11-12H2,1-3H3,(H2,19,20,21);1H. The number of guanidine groups is 1. The van der Waals surface area contributed by atoms with E-state index in [0.29, 0.717) is 19.0 Å². The second kappa shape index (κ2) is 10.3. The van der Waals surface area contributed by atoms with Gasteiger partial charge in [-0.25, -0.2) is 4.39 Å². The van der Waals surface area contributed by atoms with Gasteiger partial charge in [-0.1, -0.05) is 12.1 Å². The molecule has 0 aliphatic heterocycles. The van der Waals surface area contributed by atoms with Crippen LogP contribution in [0.5, 0.6) is 0 Å². The number of hydrogen-bond acceptors (Lipinski definition) is 3. The molecular weight excluding hydrogens is 422 g/mol. The maximum atomic E-state index is 13.4. The summed E-state index contributed by atoms with van der Waals surface area (Å²) in [6, 6.07) is 10.4. The Labute approximate surface area is 159 Å². The van der Waals surface area contributed by atoms with Crippen LogP contribution in [-0.4, -0.2) is 38.5 Å². The van der Waals surface area contributed by atoms with Gasteiger partial charge < -0.3 is 20.0 Å². The zero-order chi connectivity index (χ0) is 16.7. The quantitative estimate of drug-likeness (QED) is 0.407. The Bertz CT molecular complexity index is 631. The fourth-order valence-electron chi connectivity index (χ4n) is 2.31. The number of furan rings is 1. The Kier molecular flexibility index (Phi) is 8.77. The Morgan fingerprint density at radius 3 is 2.62 bits per heavy atom. The van der Waals surface area contributed by atoms with Gasteiger partial charge in [0.1, 0.15) is 11.6 Å². The summed E-state index contributed by atoms with van der Waals surface area (Å²) in [6.07, 6.45) is 1.64. The number of halogens is 2. The Balaban J connectivity index is 0.00000288. The fourth-order valence-corrected chi connectivity index (χ4v) is 2.31. The first kappa shape index (κ1) is 20.4. The second-order valence-corrected chi connectivity index (χ2v) is 5.42. The van der Waals surface area contributed by atoms with Crippen LogP contribution in [-0.2, 0) is 6.54 Å². The van der Waals surface area contributed by atoms with E-state index in [2.05, 4.69) is 15.6 Å². The molecule has 7 heteroatoms. The molecule has 1 aromatic heterocycles. The van der Waals surface area contributed by atoms with Crippen molar-refractivity contribution in [2.75, 3.05) is 27.7 Å². The molecule has 0 spiro atoms. The first-order chi connectivity index (χ1) is 11.1. The number of rotatable bonds is 6. The van der Waals surface area contributed by atoms with Crippen LogP contribution in [0.1, 0.15) is 17.4 Å². The summed E-state index contributed by atoms with van der Waals surface area (Å²) in [5, 5.41) is 6.45. The van der Waals surface area contributed by atoms with Gasteiger partial charge in [0.05, 0.1) is 18.8 Å². The highest BCUT2D eigenvalue weighted by atomic mass is 127. The molecule has 24 heavy (non-hydrogen) atoms. The van der Waals surface area contributed by atoms with Gasteiger partial charge in [-0.05, 0) is 43.9 Å². The molecule has 0 bridgehead atoms. The van der Waals surface area contributed by atoms with Gasteiger partial charge in [-0.2, -0.15) is 0 Å². The van der Waals surface area contributed by atoms with Crippen molar-refractivity contribution < 1.29 is 8.81 Å². The van der Waals surface area contributed by atoms with Crippen molar-refractivity contribution in [1.29, 1.82) is 0 Å². The molecule has 0 amide bonds. The van der Waals surface area contributed by atoms with E-state index in [4.69, 9.17) is 4.42 Å². The summed E-state index contributed by atoms with van der Waals surface area (Å²) in [6.45, 7) is 1.16. The lowest BCUT2D eigenvalue weighted by Gasteiger charge is -2.26. The molecule has 132 valence electrons. The smallest absolute Gasteiger partial charge is 0.191 e. The number of nitrogens with one attached hydrogen (secondary N) is 2. The molecule has 2 aromatic rings. The molecular formula is C17H24FIN4O. The third kappa shape index (κ3) is 6.12. The Hall–Kier alpha value is -1.61. The maximum Gasteiger partial charge on any atom is 0.191 e. The summed E-state index contributed by atoms with van der Waals surface area (Å²) >= 11 is 0. The van der Waals surface area contributed by atoms with Crippen LogP contribution in [0.2, 0.25) is 0 Å². The van der Waals surface area contributed by atoms with Gasteiger partial charge in [0, 0.05) is 13.6 Å². The van der Waals surface area contributed by atoms with Gasteiger partial charge in [0.15, 0.2) is 5.96 Å². The van der Waals surface area contributed by atoms with Crippen molar-refractivity contribution in [3.8, 4) is 0 Å². The third-order valence-corrected chi connectivity index (χ3v) is 3.55. The van der Waals surface area contributed by atoms with Gasteiger partial charge in [0.25, 0.3) is 0 Å². The van der Waals surface area contributed by atoms with E-state index < -0.39 is 0 Å². The molecule has 1 atom stereocenters. The van der Waals surface area contributed by atoms with Crippen molar-refractivity contribution in [3.05, 3.63) is 59.8 Å². The lowest BCUT2D eigenvalue weighted by Crippen LogP contribution is -2.41. The number of likely N-dealkylation sites (N-methyl/N-ethyl adjacent to an activating group) is 1. The average Bonchev–Trinajstić information content (AvgIpc) is 3.03. The van der Waals surface area contributed by atoms with Crippen LogP contribution >= 0.6 is 24.0 Å². The molecule has 0 aliphatic rings. The van der Waals surface area contributed by atoms with Crippen LogP contribution < -0.4 is 10.6 Å². The third-order valence-electron chi connectivity index (χ3n) is 3.55. The summed E-state index contributed by atoms with van der Waals surface area (Å²) in [5.41, 5.74) is 0.920. The zero-order valence-corrected chi connectivity index (χ0v) is 16.5. The van der Waals surface area contributed by atoms with E-state index >= 15 is 0 Å². The van der Waals surface area contributed by atoms with Crippen molar-refractivity contribution >= 4 is 29.9 Å². The number of aliphatic imine (C=N–C) groups is 1. The van der Waals surface area contributed by atoms with Crippen LogP contribution in [0.4, 0.5) is 4.39 Å². The van der Waals surface area contributed by atoms with Gasteiger partial charge >= 0.3 is 0 Å². The summed E-state index contributed by atoms with van der Waals surface area (Å²) in [4.78, 5) is 6.23. The van der Waals surface area contributed by atoms with E-state index in [9.17, 15) is 4.39 Å². The first-order valence-corrected chi connectivity index (χ1v) is 7.49. The van der Waals surface area contributed by atoms with Crippen molar-refractivity contribution in [1.82, 2.24) is 15.5 Å². The predicted octanol–water partition coefficient (Wildman–Crippen LogP) is 3.00. The molecule has 1 unspecified atom stereocenters. The second-order valence-electron chi connectivity index (χ2n) is 5.42. The Morgan fingerprint density at radius 1 is 1.25 bits per heavy atom. The normalized spacial score (nSPS) is 12.6. The number of benzene rings is 1. The molecule has 0 aliphatic carbocycles. The van der Waals surface area contributed by atoms with Crippen LogP contribution in [0.25, 0.3) is 0 Å². The zero-order valence-electron chi connectivity index (χ0n) is 14.1. The van der Waals surface area contributed by atoms with Gasteiger partial charge in [-0.3, -0.25) is 4.99 Å². The molecule has 0 saturated carbocycles. The molecule has 1 heterocycles. The Morgan fingerprint density at radius 2 is 2.04 bits per heavy atom. The van der Waals surface area contributed by atoms with E-state index in [-0.39, 0.29) is 35.8 Å². The fraction of sp³-hybridized carbons (Fsp3) is 0.353. The van der Waals surface area contributed by atoms with E-state index in [0.717, 1.165) is 11.3 Å². The molecule has 0 radical (unpaired) electrons. The minimum Gasteiger partial charge on any atom is -0.467 e. The van der Waals surface area contributed by atoms with Gasteiger partial charge in [-0.15, -0.1) is 24.0 Å². The van der Waals surface area contributed by atoms with Crippen molar-refractivity contribution in [3.63, 3.8) is 0 Å². The van der Waals surface area contributed by atoms with E-state index in [1.807, 2.05) is 37.2 Å². The highest BCUT2D eigenvalue weighted by molar-refractivity contribution is 14.0. The molecule has 0 saturated heterocycles. The lowest BCUT2D eigenvalue weighted by atomic mass is 10.1. The highest BCUT2D eigenvalue weighted by Gasteiger charge is 2.15. The SMILES string of the molecule is CN=C(NCc1ccco1)NCC(c1cccc(F)c1)N(C)C.I. The molecule has 0 fully saturated rings. The highest BCUT2D eigenvalue weighted by Crippen LogP contribution is 2.18. The molecule has 2 N–H and O–H groups in total. The van der Waals surface area contributed by atoms with Crippen LogP contribution in [0.15, 0.2) is 52.1 Å². The number of hydrogen-bond donors (Lipinski definition) is 2. The first-order valence-electron chi connectivity index (χ1n) is 7.49. The van der Waals surface area contributed by atoms with E-state index in [1.54, 1.807) is 25.4 Å². The molecule has 1 aromatic carbocycles. The lowest BCUT2D eigenvalue weighted by molar-refractivity contribution is 0.297. The maximum absolute atomic E-state index is 13.4. The largest absolute Gasteiger partial charge is 0.467 e. The van der Waals surface area contributed by atoms with Crippen molar-refractivity contribution in [2.45, 2.75) is 12.6 Å². The number of nitrogens with zero attached hydrogens (tertiary/aromatic N) is 2. The summed E-state index contributed by atoms with van der Waals surface area (Å²) < 4.78 is 18.7. The minimum atomic E-state index is -0.227. The monoisotopic (exact) mass is 446 g/mol. The molecule has 2 rings (SSSR count). The summed E-state index contributed by atoms with van der Waals surface area (Å²) in [7, 11) is 5.65. The predicted molar refractivity (Wildman–Crippen MR) is 105 cm³/mol. The van der Waals surface area contributed by atoms with Crippen LogP contribution in [0.3, 0.4) is 0 Å². The average molecular weight is 446 g/mol. The van der Waals surface area contributed by atoms with Gasteiger partial charge in [0.2, 0.25) is 0 Å². The van der Waals surface area contributed by atoms with E-state index in [1.165, 1.54) is 6.07 Å².